The van der Waals surface area contributed by atoms with Crippen molar-refractivity contribution in [2.75, 3.05) is 13.1 Å². The zero-order valence-corrected chi connectivity index (χ0v) is 8.09. The fraction of sp³-hybridized carbons (Fsp3) is 0.556. The number of carbonyl (C=O) groups excluding carboxylic acids is 2. The van der Waals surface area contributed by atoms with Crippen LogP contribution in [0.2, 0.25) is 0 Å². The van der Waals surface area contributed by atoms with Crippen molar-refractivity contribution in [2.45, 2.75) is 20.3 Å². The zero-order chi connectivity index (χ0) is 10.1. The van der Waals surface area contributed by atoms with Crippen LogP contribution < -0.4 is 10.6 Å². The average Bonchev–Trinajstić information content (AvgIpc) is 2.12. The fourth-order valence-electron chi connectivity index (χ4n) is 0.705. The number of amides is 2. The summed E-state index contributed by atoms with van der Waals surface area (Å²) in [6.07, 6.45) is 3.90. The van der Waals surface area contributed by atoms with E-state index < -0.39 is 0 Å². The molecular weight excluding hydrogens is 168 g/mol. The number of hydrogen-bond donors (Lipinski definition) is 2. The van der Waals surface area contributed by atoms with Gasteiger partial charge in [0, 0.05) is 6.54 Å². The highest BCUT2D eigenvalue weighted by Crippen LogP contribution is 1.73. The molecule has 0 aromatic rings. The van der Waals surface area contributed by atoms with Gasteiger partial charge in [0.2, 0.25) is 11.8 Å². The van der Waals surface area contributed by atoms with Crippen LogP contribution in [-0.2, 0) is 9.59 Å². The van der Waals surface area contributed by atoms with Crippen LogP contribution in [0.5, 0.6) is 0 Å². The Morgan fingerprint density at radius 1 is 1.31 bits per heavy atom. The number of allylic oxidation sites excluding steroid dienone is 1. The summed E-state index contributed by atoms with van der Waals surface area (Å²) in [6.45, 7) is 4.41. The van der Waals surface area contributed by atoms with Crippen LogP contribution in [0.3, 0.4) is 0 Å². The van der Waals surface area contributed by atoms with E-state index in [1.807, 2.05) is 6.92 Å². The molecule has 74 valence electrons. The van der Waals surface area contributed by atoms with Crippen LogP contribution in [0.4, 0.5) is 0 Å². The third-order valence-electron chi connectivity index (χ3n) is 1.31. The smallest absolute Gasteiger partial charge is 0.244 e. The second kappa shape index (κ2) is 7.34. The number of carbonyl (C=O) groups is 2. The van der Waals surface area contributed by atoms with Crippen molar-refractivity contribution in [2.24, 2.45) is 0 Å². The van der Waals surface area contributed by atoms with Crippen LogP contribution >= 0.6 is 0 Å². The van der Waals surface area contributed by atoms with Crippen molar-refractivity contribution in [1.82, 2.24) is 10.6 Å². The van der Waals surface area contributed by atoms with E-state index in [0.717, 1.165) is 6.42 Å². The first-order valence-corrected chi connectivity index (χ1v) is 4.38. The molecule has 2 N–H and O–H groups in total. The summed E-state index contributed by atoms with van der Waals surface area (Å²) in [5.74, 6) is -0.395. The first-order valence-electron chi connectivity index (χ1n) is 4.38. The first kappa shape index (κ1) is 11.7. The van der Waals surface area contributed by atoms with Gasteiger partial charge in [0.25, 0.3) is 0 Å². The molecule has 4 heteroatoms. The quantitative estimate of drug-likeness (QED) is 0.600. The highest BCUT2D eigenvalue weighted by atomic mass is 16.2. The summed E-state index contributed by atoms with van der Waals surface area (Å²) in [4.78, 5) is 21.8. The SMILES string of the molecule is CC=CC(=O)NCC(=O)NCCC. The molecule has 0 unspecified atom stereocenters. The van der Waals surface area contributed by atoms with Crippen molar-refractivity contribution in [1.29, 1.82) is 0 Å². The van der Waals surface area contributed by atoms with E-state index in [1.54, 1.807) is 13.0 Å². The highest BCUT2D eigenvalue weighted by molar-refractivity contribution is 5.91. The van der Waals surface area contributed by atoms with E-state index in [0.29, 0.717) is 6.54 Å². The summed E-state index contributed by atoms with van der Waals surface area (Å²) in [7, 11) is 0. The predicted molar refractivity (Wildman–Crippen MR) is 51.1 cm³/mol. The minimum absolute atomic E-state index is 0.0448. The Balaban J connectivity index is 3.52. The number of nitrogens with one attached hydrogen (secondary N) is 2. The van der Waals surface area contributed by atoms with Crippen LogP contribution in [-0.4, -0.2) is 24.9 Å². The van der Waals surface area contributed by atoms with Crippen molar-refractivity contribution in [3.05, 3.63) is 12.2 Å². The summed E-state index contributed by atoms with van der Waals surface area (Å²) >= 11 is 0. The lowest BCUT2D eigenvalue weighted by molar-refractivity contribution is -0.123. The highest BCUT2D eigenvalue weighted by Gasteiger charge is 2.00. The van der Waals surface area contributed by atoms with E-state index in [4.69, 9.17) is 0 Å². The maximum absolute atomic E-state index is 11.0. The second-order valence-corrected chi connectivity index (χ2v) is 2.57. The van der Waals surface area contributed by atoms with Gasteiger partial charge in [-0.1, -0.05) is 13.0 Å². The molecule has 0 radical (unpaired) electrons. The third-order valence-corrected chi connectivity index (χ3v) is 1.31. The second-order valence-electron chi connectivity index (χ2n) is 2.57. The standard InChI is InChI=1S/C9H16N2O2/c1-3-5-8(12)11-7-9(13)10-6-4-2/h3,5H,4,6-7H2,1-2H3,(H,10,13)(H,11,12). The van der Waals surface area contributed by atoms with Crippen molar-refractivity contribution in [3.63, 3.8) is 0 Å². The third kappa shape index (κ3) is 7.05. The van der Waals surface area contributed by atoms with Gasteiger partial charge < -0.3 is 10.6 Å². The molecule has 2 amide bonds. The molecule has 0 heterocycles. The van der Waals surface area contributed by atoms with Gasteiger partial charge in [-0.15, -0.1) is 0 Å². The van der Waals surface area contributed by atoms with Gasteiger partial charge in [-0.2, -0.15) is 0 Å². The van der Waals surface area contributed by atoms with Gasteiger partial charge in [0.1, 0.15) is 0 Å². The van der Waals surface area contributed by atoms with Crippen LogP contribution in [0, 0.1) is 0 Å². The van der Waals surface area contributed by atoms with E-state index >= 15 is 0 Å². The van der Waals surface area contributed by atoms with Crippen LogP contribution in [0.15, 0.2) is 12.2 Å². The van der Waals surface area contributed by atoms with E-state index in [9.17, 15) is 9.59 Å². The monoisotopic (exact) mass is 184 g/mol. The first-order chi connectivity index (χ1) is 6.20. The molecule has 0 aliphatic carbocycles. The van der Waals surface area contributed by atoms with E-state index in [-0.39, 0.29) is 18.4 Å². The minimum Gasteiger partial charge on any atom is -0.355 e. The van der Waals surface area contributed by atoms with Gasteiger partial charge >= 0.3 is 0 Å². The largest absolute Gasteiger partial charge is 0.355 e. The molecule has 0 aromatic carbocycles. The summed E-state index contributed by atoms with van der Waals surface area (Å²) in [6, 6.07) is 0. The maximum Gasteiger partial charge on any atom is 0.244 e. The lowest BCUT2D eigenvalue weighted by atomic mass is 10.4. The van der Waals surface area contributed by atoms with Gasteiger partial charge in [0.15, 0.2) is 0 Å². The fourth-order valence-corrected chi connectivity index (χ4v) is 0.705. The van der Waals surface area contributed by atoms with Crippen molar-refractivity contribution in [3.8, 4) is 0 Å². The van der Waals surface area contributed by atoms with Gasteiger partial charge in [-0.25, -0.2) is 0 Å². The van der Waals surface area contributed by atoms with Crippen molar-refractivity contribution < 1.29 is 9.59 Å². The molecule has 13 heavy (non-hydrogen) atoms. The lowest BCUT2D eigenvalue weighted by Gasteiger charge is -2.03. The molecule has 0 fully saturated rings. The van der Waals surface area contributed by atoms with Gasteiger partial charge in [-0.05, 0) is 19.4 Å². The van der Waals surface area contributed by atoms with Gasteiger partial charge in [-0.3, -0.25) is 9.59 Å². The molecular formula is C9H16N2O2. The Morgan fingerprint density at radius 3 is 2.54 bits per heavy atom. The van der Waals surface area contributed by atoms with Gasteiger partial charge in [0.05, 0.1) is 6.54 Å². The average molecular weight is 184 g/mol. The maximum atomic E-state index is 11.0. The van der Waals surface area contributed by atoms with Crippen molar-refractivity contribution >= 4 is 11.8 Å². The summed E-state index contributed by atoms with van der Waals surface area (Å²) in [5, 5.41) is 5.11. The van der Waals surface area contributed by atoms with E-state index in [2.05, 4.69) is 10.6 Å². The Bertz CT molecular complexity index is 200. The molecule has 0 saturated heterocycles. The molecule has 4 nitrogen and oxygen atoms in total. The topological polar surface area (TPSA) is 58.2 Å². The molecule has 0 atom stereocenters. The Morgan fingerprint density at radius 2 is 2.00 bits per heavy atom. The zero-order valence-electron chi connectivity index (χ0n) is 8.09. The normalized spacial score (nSPS) is 10.0. The Kier molecular flexibility index (Phi) is 6.59. The Hall–Kier alpha value is -1.32. The molecule has 0 aliphatic heterocycles. The summed E-state index contributed by atoms with van der Waals surface area (Å²) in [5.41, 5.74) is 0. The van der Waals surface area contributed by atoms with E-state index in [1.165, 1.54) is 6.08 Å². The molecule has 0 bridgehead atoms. The molecule has 0 spiro atoms. The Labute approximate surface area is 78.4 Å². The number of hydrogen-bond acceptors (Lipinski definition) is 2. The molecule has 0 aromatic heterocycles. The summed E-state index contributed by atoms with van der Waals surface area (Å²) < 4.78 is 0. The van der Waals surface area contributed by atoms with Crippen LogP contribution in [0.1, 0.15) is 20.3 Å². The van der Waals surface area contributed by atoms with Crippen LogP contribution in [0.25, 0.3) is 0 Å². The molecule has 0 aliphatic rings. The number of rotatable bonds is 5. The molecule has 0 rings (SSSR count). The minimum atomic E-state index is -0.242. The lowest BCUT2D eigenvalue weighted by Crippen LogP contribution is -2.36. The predicted octanol–water partition coefficient (Wildman–Crippen LogP) is 0.205. The molecule has 0 saturated carbocycles.